The number of amides is 2. The second-order valence-electron chi connectivity index (χ2n) is 5.68. The molecule has 1 aliphatic heterocycles. The largest absolute Gasteiger partial charge is 0.385 e. The molecule has 1 fully saturated rings. The molecule has 6 heteroatoms. The van der Waals surface area contributed by atoms with E-state index in [0.717, 1.165) is 6.42 Å². The molecule has 20 heavy (non-hydrogen) atoms. The maximum Gasteiger partial charge on any atom is 0.248 e. The lowest BCUT2D eigenvalue weighted by Crippen LogP contribution is -2.54. The second-order valence-corrected chi connectivity index (χ2v) is 5.68. The first-order chi connectivity index (χ1) is 9.38. The van der Waals surface area contributed by atoms with Crippen LogP contribution in [0.3, 0.4) is 0 Å². The third-order valence-electron chi connectivity index (χ3n) is 3.37. The van der Waals surface area contributed by atoms with E-state index in [1.807, 2.05) is 6.92 Å². The van der Waals surface area contributed by atoms with Crippen LogP contribution in [0.2, 0.25) is 0 Å². The van der Waals surface area contributed by atoms with Crippen molar-refractivity contribution in [2.24, 2.45) is 0 Å². The third-order valence-corrected chi connectivity index (χ3v) is 3.37. The Morgan fingerprint density at radius 2 is 2.00 bits per heavy atom. The van der Waals surface area contributed by atoms with Gasteiger partial charge in [-0.25, -0.2) is 0 Å². The molecule has 6 nitrogen and oxygen atoms in total. The quantitative estimate of drug-likeness (QED) is 0.694. The van der Waals surface area contributed by atoms with Crippen molar-refractivity contribution in [1.29, 1.82) is 0 Å². The Hall–Kier alpha value is -1.14. The van der Waals surface area contributed by atoms with Crippen LogP contribution in [0.15, 0.2) is 0 Å². The summed E-state index contributed by atoms with van der Waals surface area (Å²) in [5.41, 5.74) is -0.849. The summed E-state index contributed by atoms with van der Waals surface area (Å²) in [6, 6.07) is -0.105. The topological polar surface area (TPSA) is 67.9 Å². The van der Waals surface area contributed by atoms with Crippen LogP contribution in [0.25, 0.3) is 0 Å². The minimum atomic E-state index is -0.849. The summed E-state index contributed by atoms with van der Waals surface area (Å²) >= 11 is 0. The van der Waals surface area contributed by atoms with Crippen molar-refractivity contribution in [2.45, 2.75) is 45.2 Å². The van der Waals surface area contributed by atoms with Gasteiger partial charge in [-0.15, -0.1) is 0 Å². The maximum atomic E-state index is 12.4. The molecule has 0 aromatic carbocycles. The minimum Gasteiger partial charge on any atom is -0.385 e. The molecule has 1 aliphatic rings. The van der Waals surface area contributed by atoms with Gasteiger partial charge >= 0.3 is 0 Å². The Morgan fingerprint density at radius 1 is 1.30 bits per heavy atom. The molecule has 0 aliphatic carbocycles. The van der Waals surface area contributed by atoms with E-state index in [9.17, 15) is 9.59 Å². The monoisotopic (exact) mass is 286 g/mol. The molecule has 0 spiro atoms. The van der Waals surface area contributed by atoms with E-state index in [2.05, 4.69) is 5.32 Å². The first-order valence-corrected chi connectivity index (χ1v) is 7.07. The van der Waals surface area contributed by atoms with Crippen molar-refractivity contribution in [3.8, 4) is 0 Å². The summed E-state index contributed by atoms with van der Waals surface area (Å²) in [6.45, 7) is 7.63. The van der Waals surface area contributed by atoms with Gasteiger partial charge in [0.2, 0.25) is 11.8 Å². The standard InChI is InChI=1S/C14H26N2O4/c1-11-10-12(17)15-14(2,3)13(18)16(11)6-9-20-8-5-7-19-4/h11H,5-10H2,1-4H3,(H,15,17). The Morgan fingerprint density at radius 3 is 2.65 bits per heavy atom. The lowest BCUT2D eigenvalue weighted by Gasteiger charge is -2.31. The number of hydrogen-bond acceptors (Lipinski definition) is 4. The van der Waals surface area contributed by atoms with Crippen LogP contribution in [-0.4, -0.2) is 61.8 Å². The van der Waals surface area contributed by atoms with E-state index in [1.165, 1.54) is 0 Å². The Labute approximate surface area is 120 Å². The van der Waals surface area contributed by atoms with E-state index in [1.54, 1.807) is 25.9 Å². The van der Waals surface area contributed by atoms with Gasteiger partial charge < -0.3 is 19.7 Å². The van der Waals surface area contributed by atoms with Gasteiger partial charge in [0.15, 0.2) is 0 Å². The molecule has 1 unspecified atom stereocenters. The van der Waals surface area contributed by atoms with E-state index in [0.29, 0.717) is 32.8 Å². The number of hydrogen-bond donors (Lipinski definition) is 1. The molecule has 116 valence electrons. The molecule has 0 aromatic heterocycles. The lowest BCUT2D eigenvalue weighted by atomic mass is 10.0. The van der Waals surface area contributed by atoms with Crippen LogP contribution in [-0.2, 0) is 19.1 Å². The second kappa shape index (κ2) is 7.59. The molecule has 0 radical (unpaired) electrons. The number of carbonyl (C=O) groups is 2. The van der Waals surface area contributed by atoms with Crippen LogP contribution in [0, 0.1) is 0 Å². The summed E-state index contributed by atoms with van der Waals surface area (Å²) in [4.78, 5) is 25.9. The van der Waals surface area contributed by atoms with Crippen molar-refractivity contribution >= 4 is 11.8 Å². The number of ether oxygens (including phenoxy) is 2. The highest BCUT2D eigenvalue weighted by atomic mass is 16.5. The zero-order valence-corrected chi connectivity index (χ0v) is 12.9. The van der Waals surface area contributed by atoms with Gasteiger partial charge in [-0.1, -0.05) is 0 Å². The lowest BCUT2D eigenvalue weighted by molar-refractivity contribution is -0.139. The van der Waals surface area contributed by atoms with E-state index >= 15 is 0 Å². The van der Waals surface area contributed by atoms with Gasteiger partial charge in [0.05, 0.1) is 6.61 Å². The molecule has 0 saturated carbocycles. The molecular weight excluding hydrogens is 260 g/mol. The highest BCUT2D eigenvalue weighted by molar-refractivity contribution is 5.93. The Balaban J connectivity index is 2.49. The third kappa shape index (κ3) is 4.76. The predicted octanol–water partition coefficient (Wildman–Crippen LogP) is 0.555. The Bertz CT molecular complexity index is 344. The van der Waals surface area contributed by atoms with Crippen molar-refractivity contribution in [3.63, 3.8) is 0 Å². The number of nitrogens with one attached hydrogen (secondary N) is 1. The zero-order valence-electron chi connectivity index (χ0n) is 12.9. The Kier molecular flexibility index (Phi) is 6.42. The molecule has 0 bridgehead atoms. The molecule has 1 saturated heterocycles. The summed E-state index contributed by atoms with van der Waals surface area (Å²) in [7, 11) is 1.66. The highest BCUT2D eigenvalue weighted by Crippen LogP contribution is 2.17. The molecule has 1 rings (SSSR count). The number of rotatable bonds is 7. The molecule has 2 amide bonds. The van der Waals surface area contributed by atoms with Crippen LogP contribution in [0.1, 0.15) is 33.6 Å². The van der Waals surface area contributed by atoms with Crippen LogP contribution in [0.4, 0.5) is 0 Å². The van der Waals surface area contributed by atoms with Gasteiger partial charge in [-0.3, -0.25) is 9.59 Å². The molecule has 1 atom stereocenters. The summed E-state index contributed by atoms with van der Waals surface area (Å²) in [5.74, 6) is -0.143. The van der Waals surface area contributed by atoms with Gasteiger partial charge in [-0.05, 0) is 27.2 Å². The van der Waals surface area contributed by atoms with Gasteiger partial charge in [0, 0.05) is 39.3 Å². The average molecular weight is 286 g/mol. The predicted molar refractivity (Wildman–Crippen MR) is 75.3 cm³/mol. The first kappa shape index (κ1) is 16.9. The van der Waals surface area contributed by atoms with Gasteiger partial charge in [0.1, 0.15) is 5.54 Å². The van der Waals surface area contributed by atoms with Crippen molar-refractivity contribution in [1.82, 2.24) is 10.2 Å². The summed E-state index contributed by atoms with van der Waals surface area (Å²) in [6.07, 6.45) is 1.17. The molecular formula is C14H26N2O4. The first-order valence-electron chi connectivity index (χ1n) is 7.07. The number of nitrogens with zero attached hydrogens (tertiary/aromatic N) is 1. The van der Waals surface area contributed by atoms with E-state index in [-0.39, 0.29) is 17.9 Å². The number of methoxy groups -OCH3 is 1. The smallest absolute Gasteiger partial charge is 0.248 e. The summed E-state index contributed by atoms with van der Waals surface area (Å²) in [5, 5.41) is 2.76. The van der Waals surface area contributed by atoms with E-state index < -0.39 is 5.54 Å². The fourth-order valence-electron chi connectivity index (χ4n) is 2.28. The SMILES string of the molecule is COCCCOCCN1C(=O)C(C)(C)NC(=O)CC1C. The zero-order chi connectivity index (χ0) is 15.2. The molecule has 1 N–H and O–H groups in total. The fourth-order valence-corrected chi connectivity index (χ4v) is 2.28. The fraction of sp³-hybridized carbons (Fsp3) is 0.857. The van der Waals surface area contributed by atoms with Crippen molar-refractivity contribution in [2.75, 3.05) is 33.5 Å². The van der Waals surface area contributed by atoms with Crippen LogP contribution >= 0.6 is 0 Å². The van der Waals surface area contributed by atoms with Gasteiger partial charge in [-0.2, -0.15) is 0 Å². The normalized spacial score (nSPS) is 22.6. The number of carbonyl (C=O) groups excluding carboxylic acids is 2. The van der Waals surface area contributed by atoms with Crippen LogP contribution in [0.5, 0.6) is 0 Å². The molecule has 0 aromatic rings. The van der Waals surface area contributed by atoms with Crippen LogP contribution < -0.4 is 5.32 Å². The van der Waals surface area contributed by atoms with Crippen molar-refractivity contribution < 1.29 is 19.1 Å². The average Bonchev–Trinajstić information content (AvgIpc) is 2.42. The molecule has 1 heterocycles. The van der Waals surface area contributed by atoms with Crippen molar-refractivity contribution in [3.05, 3.63) is 0 Å². The van der Waals surface area contributed by atoms with E-state index in [4.69, 9.17) is 9.47 Å². The minimum absolute atomic E-state index is 0.0589. The highest BCUT2D eigenvalue weighted by Gasteiger charge is 2.39. The summed E-state index contributed by atoms with van der Waals surface area (Å²) < 4.78 is 10.4. The van der Waals surface area contributed by atoms with Gasteiger partial charge in [0.25, 0.3) is 0 Å². The maximum absolute atomic E-state index is 12.4.